The summed E-state index contributed by atoms with van der Waals surface area (Å²) in [6.07, 6.45) is 3.25. The number of ketones is 1. The third kappa shape index (κ3) is 1.80. The fourth-order valence-corrected chi connectivity index (χ4v) is 3.40. The van der Waals surface area contributed by atoms with E-state index in [0.29, 0.717) is 22.9 Å². The van der Waals surface area contributed by atoms with Gasteiger partial charge >= 0.3 is 0 Å². The molecule has 0 fully saturated rings. The summed E-state index contributed by atoms with van der Waals surface area (Å²) < 4.78 is 1.77. The fourth-order valence-electron chi connectivity index (χ4n) is 3.09. The molecule has 0 amide bonds. The zero-order valence-corrected chi connectivity index (χ0v) is 12.9. The van der Waals surface area contributed by atoms with Gasteiger partial charge in [-0.15, -0.1) is 0 Å². The lowest BCUT2D eigenvalue weighted by molar-refractivity contribution is 0.103. The molecule has 1 aliphatic rings. The van der Waals surface area contributed by atoms with Gasteiger partial charge in [-0.05, 0) is 25.3 Å². The van der Waals surface area contributed by atoms with Crippen LogP contribution in [0, 0.1) is 0 Å². The molecular weight excluding hydrogens is 298 g/mol. The standard InChI is InChI=1S/C17H14ClN3O/c1-2-21-17-13(9-19-21)14(18)12-8-7-10-5-3-4-6-11(10)16(22)15(12)20-17/h3-6,9H,2,7-8H2,1H3. The minimum absolute atomic E-state index is 0.0456. The van der Waals surface area contributed by atoms with Crippen molar-refractivity contribution in [3.63, 3.8) is 0 Å². The van der Waals surface area contributed by atoms with Crippen LogP contribution in [0.15, 0.2) is 30.5 Å². The van der Waals surface area contributed by atoms with E-state index in [-0.39, 0.29) is 5.78 Å². The van der Waals surface area contributed by atoms with Crippen molar-refractivity contribution >= 4 is 28.4 Å². The Morgan fingerprint density at radius 3 is 2.91 bits per heavy atom. The van der Waals surface area contributed by atoms with E-state index >= 15 is 0 Å². The highest BCUT2D eigenvalue weighted by Gasteiger charge is 2.26. The Bertz CT molecular complexity index is 914. The van der Waals surface area contributed by atoms with E-state index in [1.165, 1.54) is 0 Å². The molecule has 0 aliphatic heterocycles. The smallest absolute Gasteiger partial charge is 0.212 e. The second-order valence-electron chi connectivity index (χ2n) is 5.44. The van der Waals surface area contributed by atoms with Crippen molar-refractivity contribution in [2.24, 2.45) is 0 Å². The highest BCUT2D eigenvalue weighted by atomic mass is 35.5. The topological polar surface area (TPSA) is 47.8 Å². The van der Waals surface area contributed by atoms with Crippen LogP contribution in [0.3, 0.4) is 0 Å². The molecule has 4 rings (SSSR count). The fraction of sp³-hybridized carbons (Fsp3) is 0.235. The van der Waals surface area contributed by atoms with E-state index in [1.54, 1.807) is 10.9 Å². The van der Waals surface area contributed by atoms with Crippen molar-refractivity contribution in [2.75, 3.05) is 0 Å². The minimum Gasteiger partial charge on any atom is -0.287 e. The Labute approximate surface area is 132 Å². The van der Waals surface area contributed by atoms with E-state index in [2.05, 4.69) is 10.1 Å². The minimum atomic E-state index is -0.0456. The lowest BCUT2D eigenvalue weighted by Gasteiger charge is -2.08. The van der Waals surface area contributed by atoms with Crippen LogP contribution < -0.4 is 0 Å². The van der Waals surface area contributed by atoms with Gasteiger partial charge in [-0.1, -0.05) is 35.9 Å². The molecule has 2 heterocycles. The van der Waals surface area contributed by atoms with Crippen molar-refractivity contribution in [3.05, 3.63) is 57.9 Å². The molecule has 22 heavy (non-hydrogen) atoms. The Morgan fingerprint density at radius 2 is 2.09 bits per heavy atom. The van der Waals surface area contributed by atoms with E-state index in [0.717, 1.165) is 34.9 Å². The predicted octanol–water partition coefficient (Wildman–Crippen LogP) is 3.43. The molecule has 110 valence electrons. The first kappa shape index (κ1) is 13.5. The average molecular weight is 312 g/mol. The summed E-state index contributed by atoms with van der Waals surface area (Å²) in [5.74, 6) is -0.0456. The number of halogens is 1. The van der Waals surface area contributed by atoms with Crippen molar-refractivity contribution in [3.8, 4) is 0 Å². The van der Waals surface area contributed by atoms with Crippen LogP contribution in [-0.2, 0) is 19.4 Å². The number of carbonyl (C=O) groups is 1. The molecule has 5 heteroatoms. The van der Waals surface area contributed by atoms with Crippen molar-refractivity contribution in [2.45, 2.75) is 26.3 Å². The predicted molar refractivity (Wildman–Crippen MR) is 85.5 cm³/mol. The van der Waals surface area contributed by atoms with Crippen LogP contribution in [0.1, 0.15) is 34.1 Å². The number of rotatable bonds is 1. The summed E-state index contributed by atoms with van der Waals surface area (Å²) >= 11 is 6.56. The zero-order chi connectivity index (χ0) is 15.3. The maximum absolute atomic E-state index is 12.9. The molecule has 0 bridgehead atoms. The number of nitrogens with zero attached hydrogens (tertiary/aromatic N) is 3. The van der Waals surface area contributed by atoms with Gasteiger partial charge < -0.3 is 0 Å². The number of fused-ring (bicyclic) bond motifs is 3. The first-order chi connectivity index (χ1) is 10.7. The lowest BCUT2D eigenvalue weighted by Crippen LogP contribution is -2.09. The SMILES string of the molecule is CCn1ncc2c(Cl)c3c(nc21)C(=O)c1ccccc1CC3. The Morgan fingerprint density at radius 1 is 1.27 bits per heavy atom. The third-order valence-electron chi connectivity index (χ3n) is 4.24. The first-order valence-electron chi connectivity index (χ1n) is 7.37. The van der Waals surface area contributed by atoms with Crippen molar-refractivity contribution < 1.29 is 4.79 Å². The van der Waals surface area contributed by atoms with Gasteiger partial charge in [-0.25, -0.2) is 9.67 Å². The molecule has 0 saturated heterocycles. The Balaban J connectivity index is 2.03. The quantitative estimate of drug-likeness (QED) is 0.691. The Kier molecular flexibility index (Phi) is 3.01. The van der Waals surface area contributed by atoms with Crippen LogP contribution in [0.2, 0.25) is 5.02 Å². The summed E-state index contributed by atoms with van der Waals surface area (Å²) in [7, 11) is 0. The highest BCUT2D eigenvalue weighted by molar-refractivity contribution is 6.36. The van der Waals surface area contributed by atoms with E-state index in [9.17, 15) is 4.79 Å². The number of aryl methyl sites for hydroxylation is 2. The largest absolute Gasteiger partial charge is 0.287 e. The number of aromatic nitrogens is 3. The molecule has 1 aliphatic carbocycles. The summed E-state index contributed by atoms with van der Waals surface area (Å²) in [6.45, 7) is 2.68. The van der Waals surface area contributed by atoms with Gasteiger partial charge in [-0.2, -0.15) is 5.10 Å². The van der Waals surface area contributed by atoms with Gasteiger partial charge in [0.1, 0.15) is 5.69 Å². The average Bonchev–Trinajstić information content (AvgIpc) is 2.90. The number of pyridine rings is 1. The van der Waals surface area contributed by atoms with E-state index in [4.69, 9.17) is 11.6 Å². The Hall–Kier alpha value is -2.20. The summed E-state index contributed by atoms with van der Waals surface area (Å²) in [5.41, 5.74) is 3.78. The summed E-state index contributed by atoms with van der Waals surface area (Å²) in [6, 6.07) is 7.71. The molecule has 3 aromatic rings. The molecule has 0 unspecified atom stereocenters. The van der Waals surface area contributed by atoms with Gasteiger partial charge in [0.2, 0.25) is 5.78 Å². The van der Waals surface area contributed by atoms with Gasteiger partial charge in [-0.3, -0.25) is 4.79 Å². The molecule has 1 aromatic carbocycles. The molecule has 4 nitrogen and oxygen atoms in total. The van der Waals surface area contributed by atoms with Crippen molar-refractivity contribution in [1.82, 2.24) is 14.8 Å². The molecule has 0 saturated carbocycles. The number of benzene rings is 1. The van der Waals surface area contributed by atoms with Crippen LogP contribution >= 0.6 is 11.6 Å². The second kappa shape index (κ2) is 4.92. The molecule has 2 aromatic heterocycles. The van der Waals surface area contributed by atoms with Crippen LogP contribution in [0.5, 0.6) is 0 Å². The van der Waals surface area contributed by atoms with Crippen LogP contribution in [0.25, 0.3) is 11.0 Å². The third-order valence-corrected chi connectivity index (χ3v) is 4.67. The molecule has 0 N–H and O–H groups in total. The van der Waals surface area contributed by atoms with Gasteiger partial charge in [0, 0.05) is 17.7 Å². The number of hydrogen-bond acceptors (Lipinski definition) is 3. The summed E-state index contributed by atoms with van der Waals surface area (Å²) in [4.78, 5) is 17.5. The second-order valence-corrected chi connectivity index (χ2v) is 5.81. The molecule has 0 atom stereocenters. The van der Waals surface area contributed by atoms with E-state index < -0.39 is 0 Å². The molecule has 0 spiro atoms. The van der Waals surface area contributed by atoms with Crippen molar-refractivity contribution in [1.29, 1.82) is 0 Å². The number of carbonyl (C=O) groups excluding carboxylic acids is 1. The van der Waals surface area contributed by atoms with E-state index in [1.807, 2.05) is 31.2 Å². The lowest BCUT2D eigenvalue weighted by atomic mass is 10.0. The van der Waals surface area contributed by atoms with Gasteiger partial charge in [0.25, 0.3) is 0 Å². The molecule has 0 radical (unpaired) electrons. The normalized spacial score (nSPS) is 13.8. The maximum Gasteiger partial charge on any atom is 0.212 e. The van der Waals surface area contributed by atoms with Gasteiger partial charge in [0.15, 0.2) is 5.65 Å². The summed E-state index contributed by atoms with van der Waals surface area (Å²) in [5, 5.41) is 5.73. The van der Waals surface area contributed by atoms with Crippen LogP contribution in [-0.4, -0.2) is 20.5 Å². The highest BCUT2D eigenvalue weighted by Crippen LogP contribution is 2.33. The molecular formula is C17H14ClN3O. The first-order valence-corrected chi connectivity index (χ1v) is 7.75. The monoisotopic (exact) mass is 311 g/mol. The maximum atomic E-state index is 12.9. The number of hydrogen-bond donors (Lipinski definition) is 0. The van der Waals surface area contributed by atoms with Gasteiger partial charge in [0.05, 0.1) is 16.6 Å². The van der Waals surface area contributed by atoms with Crippen LogP contribution in [0.4, 0.5) is 0 Å². The zero-order valence-electron chi connectivity index (χ0n) is 12.1.